The Balaban J connectivity index is 4.44. The number of nitrogens with one attached hydrogen (secondary N) is 1. The van der Waals surface area contributed by atoms with Crippen molar-refractivity contribution in [3.8, 4) is 0 Å². The van der Waals surface area contributed by atoms with Crippen LogP contribution in [0.3, 0.4) is 0 Å². The van der Waals surface area contributed by atoms with E-state index in [4.69, 9.17) is 4.74 Å². The molecule has 1 amide bonds. The first kappa shape index (κ1) is 58.9. The van der Waals surface area contributed by atoms with Crippen molar-refractivity contribution in [2.75, 3.05) is 6.61 Å². The van der Waals surface area contributed by atoms with Crippen LogP contribution in [-0.4, -0.2) is 46.9 Å². The van der Waals surface area contributed by atoms with Crippen LogP contribution in [0.2, 0.25) is 0 Å². The molecule has 0 aromatic carbocycles. The van der Waals surface area contributed by atoms with Crippen LogP contribution in [0.25, 0.3) is 0 Å². The normalized spacial score (nSPS) is 13.1. The second-order valence-corrected chi connectivity index (χ2v) is 19.0. The highest BCUT2D eigenvalue weighted by Gasteiger charge is 2.24. The highest BCUT2D eigenvalue weighted by molar-refractivity contribution is 5.77. The molecular formula is C54H107NO5. The molecule has 0 aliphatic heterocycles. The van der Waals surface area contributed by atoms with Crippen LogP contribution in [0.15, 0.2) is 0 Å². The van der Waals surface area contributed by atoms with E-state index in [0.717, 1.165) is 38.5 Å². The van der Waals surface area contributed by atoms with Gasteiger partial charge in [-0.05, 0) is 25.7 Å². The molecule has 0 aliphatic rings. The summed E-state index contributed by atoms with van der Waals surface area (Å²) < 4.78 is 5.94. The van der Waals surface area contributed by atoms with Gasteiger partial charge >= 0.3 is 5.97 Å². The zero-order chi connectivity index (χ0) is 43.8. The lowest BCUT2D eigenvalue weighted by molar-refractivity contribution is -0.151. The average molecular weight is 850 g/mol. The van der Waals surface area contributed by atoms with Gasteiger partial charge in [0, 0.05) is 6.42 Å². The molecule has 0 saturated heterocycles. The molecule has 3 atom stereocenters. The smallest absolute Gasteiger partial charge is 0.306 e. The van der Waals surface area contributed by atoms with E-state index in [1.165, 1.54) is 225 Å². The van der Waals surface area contributed by atoms with Crippen molar-refractivity contribution in [2.24, 2.45) is 0 Å². The zero-order valence-electron chi connectivity index (χ0n) is 40.9. The molecule has 0 spiro atoms. The second kappa shape index (κ2) is 48.9. The van der Waals surface area contributed by atoms with E-state index in [1.807, 2.05) is 0 Å². The van der Waals surface area contributed by atoms with Gasteiger partial charge in [-0.15, -0.1) is 0 Å². The van der Waals surface area contributed by atoms with Gasteiger partial charge in [-0.25, -0.2) is 0 Å². The van der Waals surface area contributed by atoms with E-state index in [-0.39, 0.29) is 24.9 Å². The minimum atomic E-state index is -0.779. The maximum Gasteiger partial charge on any atom is 0.306 e. The van der Waals surface area contributed by atoms with Crippen molar-refractivity contribution < 1.29 is 24.5 Å². The van der Waals surface area contributed by atoms with Crippen molar-refractivity contribution in [3.05, 3.63) is 0 Å². The summed E-state index contributed by atoms with van der Waals surface area (Å²) in [7, 11) is 0. The molecule has 3 N–H and O–H groups in total. The van der Waals surface area contributed by atoms with E-state index in [9.17, 15) is 19.8 Å². The number of esters is 1. The molecule has 0 rings (SSSR count). The Hall–Kier alpha value is -1.14. The highest BCUT2D eigenvalue weighted by Crippen LogP contribution is 2.19. The molecule has 0 aromatic heterocycles. The second-order valence-electron chi connectivity index (χ2n) is 19.0. The standard InChI is InChI=1S/C54H107NO5/c1-4-7-10-13-16-19-22-24-26-27-29-32-35-38-41-44-47-54(59)60-50(45-42-39-36-33-30-21-18-15-12-9-6-3)48-53(58)55-51(49-56)52(57)46-43-40-37-34-31-28-25-23-20-17-14-11-8-5-2/h50-52,56-57H,4-49H2,1-3H3,(H,55,58). The molecule has 0 saturated carbocycles. The lowest BCUT2D eigenvalue weighted by Crippen LogP contribution is -2.46. The molecule has 6 heteroatoms. The third-order valence-electron chi connectivity index (χ3n) is 12.9. The summed E-state index contributed by atoms with van der Waals surface area (Å²) in [5.41, 5.74) is 0. The van der Waals surface area contributed by atoms with Crippen LogP contribution in [0.1, 0.15) is 310 Å². The van der Waals surface area contributed by atoms with Crippen LogP contribution in [0.5, 0.6) is 0 Å². The molecule has 0 aromatic rings. The van der Waals surface area contributed by atoms with Crippen molar-refractivity contribution in [3.63, 3.8) is 0 Å². The predicted octanol–water partition coefficient (Wildman–Crippen LogP) is 16.4. The number of carbonyl (C=O) groups is 2. The first-order valence-corrected chi connectivity index (χ1v) is 27.3. The van der Waals surface area contributed by atoms with Gasteiger partial charge in [0.25, 0.3) is 0 Å². The first-order chi connectivity index (χ1) is 29.5. The molecular weight excluding hydrogens is 743 g/mol. The van der Waals surface area contributed by atoms with Crippen molar-refractivity contribution in [1.82, 2.24) is 5.32 Å². The van der Waals surface area contributed by atoms with Gasteiger partial charge in [-0.2, -0.15) is 0 Å². The van der Waals surface area contributed by atoms with Crippen LogP contribution < -0.4 is 5.32 Å². The summed E-state index contributed by atoms with van der Waals surface area (Å²) >= 11 is 0. The van der Waals surface area contributed by atoms with E-state index < -0.39 is 18.2 Å². The maximum absolute atomic E-state index is 13.2. The van der Waals surface area contributed by atoms with Gasteiger partial charge < -0.3 is 20.3 Å². The van der Waals surface area contributed by atoms with Crippen LogP contribution in [0, 0.1) is 0 Å². The number of rotatable bonds is 50. The van der Waals surface area contributed by atoms with E-state index in [0.29, 0.717) is 19.3 Å². The SMILES string of the molecule is CCCCCCCCCCCCCCCCCCC(=O)OC(CCCCCCCCCCCCC)CC(=O)NC(CO)C(O)CCCCCCCCCCCCCCCC. The Morgan fingerprint density at radius 3 is 1.02 bits per heavy atom. The Bertz CT molecular complexity index is 867. The van der Waals surface area contributed by atoms with Crippen LogP contribution in [-0.2, 0) is 14.3 Å². The summed E-state index contributed by atoms with van der Waals surface area (Å²) in [5, 5.41) is 23.8. The third-order valence-corrected chi connectivity index (χ3v) is 12.9. The number of hydrogen-bond donors (Lipinski definition) is 3. The van der Waals surface area contributed by atoms with Crippen molar-refractivity contribution in [1.29, 1.82) is 0 Å². The first-order valence-electron chi connectivity index (χ1n) is 27.3. The summed E-state index contributed by atoms with van der Waals surface area (Å²) in [6.07, 6.45) is 53.1. The Morgan fingerprint density at radius 1 is 0.417 bits per heavy atom. The summed E-state index contributed by atoms with van der Waals surface area (Å²) in [5.74, 6) is -0.449. The minimum Gasteiger partial charge on any atom is -0.462 e. The Morgan fingerprint density at radius 2 is 0.700 bits per heavy atom. The van der Waals surface area contributed by atoms with Crippen LogP contribution >= 0.6 is 0 Å². The molecule has 0 radical (unpaired) electrons. The fourth-order valence-electron chi connectivity index (χ4n) is 8.79. The van der Waals surface area contributed by atoms with Gasteiger partial charge in [-0.3, -0.25) is 9.59 Å². The molecule has 358 valence electrons. The number of hydrogen-bond acceptors (Lipinski definition) is 5. The monoisotopic (exact) mass is 850 g/mol. The number of unbranched alkanes of at least 4 members (excludes halogenated alkanes) is 38. The molecule has 0 heterocycles. The van der Waals surface area contributed by atoms with Gasteiger partial charge in [0.1, 0.15) is 6.10 Å². The van der Waals surface area contributed by atoms with Gasteiger partial charge in [0.15, 0.2) is 0 Å². The zero-order valence-corrected chi connectivity index (χ0v) is 40.9. The van der Waals surface area contributed by atoms with Crippen LogP contribution in [0.4, 0.5) is 0 Å². The predicted molar refractivity (Wildman–Crippen MR) is 260 cm³/mol. The molecule has 60 heavy (non-hydrogen) atoms. The minimum absolute atomic E-state index is 0.0878. The summed E-state index contributed by atoms with van der Waals surface area (Å²) in [4.78, 5) is 26.2. The van der Waals surface area contributed by atoms with Crippen molar-refractivity contribution >= 4 is 11.9 Å². The number of aliphatic hydroxyl groups excluding tert-OH is 2. The topological polar surface area (TPSA) is 95.9 Å². The lowest BCUT2D eigenvalue weighted by Gasteiger charge is -2.24. The van der Waals surface area contributed by atoms with E-state index in [2.05, 4.69) is 26.1 Å². The number of amides is 1. The molecule has 3 unspecified atom stereocenters. The number of carbonyl (C=O) groups excluding carboxylic acids is 2. The molecule has 0 bridgehead atoms. The summed E-state index contributed by atoms with van der Waals surface area (Å²) in [6.45, 7) is 6.52. The quantitative estimate of drug-likeness (QED) is 0.0419. The largest absolute Gasteiger partial charge is 0.462 e. The van der Waals surface area contributed by atoms with E-state index in [1.54, 1.807) is 0 Å². The van der Waals surface area contributed by atoms with Crippen molar-refractivity contribution in [2.45, 2.75) is 328 Å². The molecule has 0 fully saturated rings. The fourth-order valence-corrected chi connectivity index (χ4v) is 8.79. The Labute approximate surface area is 375 Å². The fraction of sp³-hybridized carbons (Fsp3) is 0.963. The molecule has 0 aliphatic carbocycles. The highest BCUT2D eigenvalue weighted by atomic mass is 16.5. The molecule has 6 nitrogen and oxygen atoms in total. The lowest BCUT2D eigenvalue weighted by atomic mass is 10.0. The number of ether oxygens (including phenoxy) is 1. The Kier molecular flexibility index (Phi) is 48.0. The maximum atomic E-state index is 13.2. The van der Waals surface area contributed by atoms with E-state index >= 15 is 0 Å². The van der Waals surface area contributed by atoms with Gasteiger partial charge in [0.05, 0.1) is 25.2 Å². The van der Waals surface area contributed by atoms with Gasteiger partial charge in [-0.1, -0.05) is 271 Å². The third kappa shape index (κ3) is 43.5. The van der Waals surface area contributed by atoms with Gasteiger partial charge in [0.2, 0.25) is 5.91 Å². The summed E-state index contributed by atoms with van der Waals surface area (Å²) in [6, 6.07) is -0.692. The average Bonchev–Trinajstić information content (AvgIpc) is 3.24. The number of aliphatic hydroxyl groups is 2.